The van der Waals surface area contributed by atoms with Gasteiger partial charge in [0.25, 0.3) is 0 Å². The number of carboxylic acid groups (broad SMARTS) is 1. The number of rotatable bonds is 6. The Morgan fingerprint density at radius 3 is 2.53 bits per heavy atom. The van der Waals surface area contributed by atoms with Crippen LogP contribution in [0.1, 0.15) is 29.8 Å². The monoisotopic (exact) mass is 287 g/mol. The highest BCUT2D eigenvalue weighted by atomic mass is 32.2. The van der Waals surface area contributed by atoms with Crippen molar-refractivity contribution in [1.29, 1.82) is 0 Å². The fourth-order valence-corrected chi connectivity index (χ4v) is 2.86. The molecule has 1 aromatic rings. The predicted molar refractivity (Wildman–Crippen MR) is 69.6 cm³/mol. The maximum absolute atomic E-state index is 12.0. The van der Waals surface area contributed by atoms with Crippen molar-refractivity contribution >= 4 is 16.0 Å². The number of aryl methyl sites for hydroxylation is 1. The number of carbonyl (C=O) groups is 1. The van der Waals surface area contributed by atoms with Crippen LogP contribution in [0.5, 0.6) is 0 Å². The number of aliphatic hydroxyl groups is 1. The van der Waals surface area contributed by atoms with Gasteiger partial charge in [0.2, 0.25) is 10.0 Å². The quantitative estimate of drug-likeness (QED) is 0.711. The summed E-state index contributed by atoms with van der Waals surface area (Å²) in [6.45, 7) is 2.97. The maximum Gasteiger partial charge on any atom is 0.336 e. The Kier molecular flexibility index (Phi) is 5.04. The molecule has 3 N–H and O–H groups in total. The standard InChI is InChI=1S/C12H17NO5S/c1-3-9-4-5-10(6-11(9)12(15)16)19(17,18)13-8(2)7-14/h4-6,8,13-14H,3,7H2,1-2H3,(H,15,16)/t8-/m0/s1. The minimum atomic E-state index is -3.83. The molecule has 0 spiro atoms. The zero-order chi connectivity index (χ0) is 14.6. The first kappa shape index (κ1) is 15.6. The number of benzene rings is 1. The molecule has 0 aliphatic heterocycles. The molecule has 1 aromatic carbocycles. The van der Waals surface area contributed by atoms with E-state index >= 15 is 0 Å². The number of aromatic carboxylic acids is 1. The summed E-state index contributed by atoms with van der Waals surface area (Å²) in [7, 11) is -3.83. The highest BCUT2D eigenvalue weighted by Gasteiger charge is 2.20. The number of carboxylic acids is 1. The van der Waals surface area contributed by atoms with Crippen LogP contribution >= 0.6 is 0 Å². The molecule has 7 heteroatoms. The summed E-state index contributed by atoms with van der Waals surface area (Å²) in [4.78, 5) is 11.0. The Labute approximate surface area is 112 Å². The molecule has 19 heavy (non-hydrogen) atoms. The molecule has 0 unspecified atom stereocenters. The number of nitrogens with one attached hydrogen (secondary N) is 1. The molecule has 6 nitrogen and oxygen atoms in total. The van der Waals surface area contributed by atoms with Gasteiger partial charge in [-0.15, -0.1) is 0 Å². The van der Waals surface area contributed by atoms with Gasteiger partial charge in [0, 0.05) is 6.04 Å². The van der Waals surface area contributed by atoms with E-state index in [0.717, 1.165) is 6.07 Å². The Morgan fingerprint density at radius 2 is 2.05 bits per heavy atom. The third-order valence-electron chi connectivity index (χ3n) is 2.63. The molecule has 0 radical (unpaired) electrons. The zero-order valence-corrected chi connectivity index (χ0v) is 11.6. The topological polar surface area (TPSA) is 104 Å². The van der Waals surface area contributed by atoms with Gasteiger partial charge >= 0.3 is 5.97 Å². The van der Waals surface area contributed by atoms with Gasteiger partial charge in [0.05, 0.1) is 17.1 Å². The number of hydrogen-bond acceptors (Lipinski definition) is 4. The number of sulfonamides is 1. The first-order chi connectivity index (χ1) is 8.81. The minimum Gasteiger partial charge on any atom is -0.478 e. The van der Waals surface area contributed by atoms with Gasteiger partial charge in [0.15, 0.2) is 0 Å². The normalized spacial score (nSPS) is 13.2. The van der Waals surface area contributed by atoms with E-state index < -0.39 is 22.0 Å². The summed E-state index contributed by atoms with van der Waals surface area (Å²) in [5.41, 5.74) is 0.545. The van der Waals surface area contributed by atoms with Crippen molar-refractivity contribution in [3.63, 3.8) is 0 Å². The molecule has 0 amide bonds. The van der Waals surface area contributed by atoms with Crippen molar-refractivity contribution in [1.82, 2.24) is 4.72 Å². The summed E-state index contributed by atoms with van der Waals surface area (Å²) in [6.07, 6.45) is 0.502. The van der Waals surface area contributed by atoms with Crippen molar-refractivity contribution < 1.29 is 23.4 Å². The summed E-state index contributed by atoms with van der Waals surface area (Å²) < 4.78 is 26.2. The van der Waals surface area contributed by atoms with Crippen LogP contribution in [0.2, 0.25) is 0 Å². The first-order valence-corrected chi connectivity index (χ1v) is 7.29. The molecule has 0 fully saturated rings. The average Bonchev–Trinajstić information content (AvgIpc) is 2.37. The van der Waals surface area contributed by atoms with E-state index in [2.05, 4.69) is 4.72 Å². The lowest BCUT2D eigenvalue weighted by atomic mass is 10.1. The van der Waals surface area contributed by atoms with E-state index in [1.165, 1.54) is 19.1 Å². The SMILES string of the molecule is CCc1ccc(S(=O)(=O)N[C@@H](C)CO)cc1C(=O)O. The van der Waals surface area contributed by atoms with Crippen molar-refractivity contribution in [2.24, 2.45) is 0 Å². The average molecular weight is 287 g/mol. The predicted octanol–water partition coefficient (Wildman–Crippen LogP) is 0.606. The second-order valence-electron chi connectivity index (χ2n) is 4.18. The van der Waals surface area contributed by atoms with Gasteiger partial charge in [-0.2, -0.15) is 0 Å². The van der Waals surface area contributed by atoms with Crippen LogP contribution in [0, 0.1) is 0 Å². The van der Waals surface area contributed by atoms with Crippen LogP contribution in [-0.4, -0.2) is 37.2 Å². The molecule has 106 valence electrons. The van der Waals surface area contributed by atoms with Crippen LogP contribution in [0.15, 0.2) is 23.1 Å². The van der Waals surface area contributed by atoms with E-state index in [4.69, 9.17) is 10.2 Å². The van der Waals surface area contributed by atoms with E-state index in [0.29, 0.717) is 12.0 Å². The van der Waals surface area contributed by atoms with Gasteiger partial charge in [-0.1, -0.05) is 13.0 Å². The lowest BCUT2D eigenvalue weighted by Crippen LogP contribution is -2.35. The van der Waals surface area contributed by atoms with Gasteiger partial charge in [0.1, 0.15) is 0 Å². The van der Waals surface area contributed by atoms with Crippen LogP contribution in [0.3, 0.4) is 0 Å². The Morgan fingerprint density at radius 1 is 1.42 bits per heavy atom. The minimum absolute atomic E-state index is 0.0259. The molecule has 0 aliphatic carbocycles. The number of hydrogen-bond donors (Lipinski definition) is 3. The molecule has 0 aliphatic rings. The second kappa shape index (κ2) is 6.14. The molecule has 0 saturated heterocycles. The smallest absolute Gasteiger partial charge is 0.336 e. The summed E-state index contributed by atoms with van der Waals surface area (Å²) in [5.74, 6) is -1.16. The van der Waals surface area contributed by atoms with E-state index in [1.807, 2.05) is 0 Å². The van der Waals surface area contributed by atoms with E-state index in [1.54, 1.807) is 6.92 Å². The molecule has 0 aromatic heterocycles. The zero-order valence-electron chi connectivity index (χ0n) is 10.8. The van der Waals surface area contributed by atoms with Crippen LogP contribution < -0.4 is 4.72 Å². The van der Waals surface area contributed by atoms with Gasteiger partial charge in [-0.25, -0.2) is 17.9 Å². The summed E-state index contributed by atoms with van der Waals surface area (Å²) >= 11 is 0. The molecule has 0 heterocycles. The highest BCUT2D eigenvalue weighted by Crippen LogP contribution is 2.17. The molecular weight excluding hydrogens is 270 g/mol. The lowest BCUT2D eigenvalue weighted by Gasteiger charge is -2.13. The third-order valence-corrected chi connectivity index (χ3v) is 4.22. The van der Waals surface area contributed by atoms with Crippen molar-refractivity contribution in [3.05, 3.63) is 29.3 Å². The van der Waals surface area contributed by atoms with Crippen molar-refractivity contribution in [2.75, 3.05) is 6.61 Å². The molecule has 1 rings (SSSR count). The molecule has 1 atom stereocenters. The molecule has 0 bridgehead atoms. The largest absolute Gasteiger partial charge is 0.478 e. The lowest BCUT2D eigenvalue weighted by molar-refractivity contribution is 0.0695. The first-order valence-electron chi connectivity index (χ1n) is 5.81. The van der Waals surface area contributed by atoms with Crippen molar-refractivity contribution in [3.8, 4) is 0 Å². The Balaban J connectivity index is 3.22. The molecular formula is C12H17NO5S. The third kappa shape index (κ3) is 3.76. The van der Waals surface area contributed by atoms with Gasteiger partial charge in [-0.05, 0) is 31.0 Å². The molecule has 0 saturated carbocycles. The maximum atomic E-state index is 12.0. The fraction of sp³-hybridized carbons (Fsp3) is 0.417. The Bertz CT molecular complexity index is 567. The van der Waals surface area contributed by atoms with Crippen LogP contribution in [-0.2, 0) is 16.4 Å². The highest BCUT2D eigenvalue weighted by molar-refractivity contribution is 7.89. The summed E-state index contributed by atoms with van der Waals surface area (Å²) in [5, 5.41) is 17.9. The fourth-order valence-electron chi connectivity index (χ4n) is 1.60. The Hall–Kier alpha value is -1.44. The number of aliphatic hydroxyl groups excluding tert-OH is 1. The summed E-state index contributed by atoms with van der Waals surface area (Å²) in [6, 6.07) is 3.34. The van der Waals surface area contributed by atoms with E-state index in [9.17, 15) is 13.2 Å². The van der Waals surface area contributed by atoms with Crippen molar-refractivity contribution in [2.45, 2.75) is 31.2 Å². The van der Waals surface area contributed by atoms with Crippen LogP contribution in [0.25, 0.3) is 0 Å². The van der Waals surface area contributed by atoms with Crippen LogP contribution in [0.4, 0.5) is 0 Å². The van der Waals surface area contributed by atoms with Gasteiger partial charge in [-0.3, -0.25) is 0 Å². The van der Waals surface area contributed by atoms with Gasteiger partial charge < -0.3 is 10.2 Å². The second-order valence-corrected chi connectivity index (χ2v) is 5.90. The van der Waals surface area contributed by atoms with E-state index in [-0.39, 0.29) is 17.1 Å².